The van der Waals surface area contributed by atoms with Crippen LogP contribution in [0.1, 0.15) is 17.2 Å². The number of hydrogen-bond acceptors (Lipinski definition) is 1. The SMILES string of the molecule is OC(c1ccccc1Cl)c1cccc(F)c1Br. The highest BCUT2D eigenvalue weighted by molar-refractivity contribution is 9.10. The van der Waals surface area contributed by atoms with Crippen molar-refractivity contribution in [2.75, 3.05) is 0 Å². The number of halogens is 3. The number of rotatable bonds is 2. The summed E-state index contributed by atoms with van der Waals surface area (Å²) < 4.78 is 13.6. The van der Waals surface area contributed by atoms with Crippen molar-refractivity contribution in [2.24, 2.45) is 0 Å². The van der Waals surface area contributed by atoms with Gasteiger partial charge < -0.3 is 5.11 Å². The van der Waals surface area contributed by atoms with Gasteiger partial charge in [-0.2, -0.15) is 0 Å². The monoisotopic (exact) mass is 314 g/mol. The first-order valence-electron chi connectivity index (χ1n) is 4.97. The van der Waals surface area contributed by atoms with Crippen LogP contribution in [-0.4, -0.2) is 5.11 Å². The Balaban J connectivity index is 2.48. The molecule has 0 spiro atoms. The van der Waals surface area contributed by atoms with Crippen molar-refractivity contribution in [3.8, 4) is 0 Å². The highest BCUT2D eigenvalue weighted by Gasteiger charge is 2.17. The Bertz CT molecular complexity index is 545. The summed E-state index contributed by atoms with van der Waals surface area (Å²) in [6.07, 6.45) is -0.950. The quantitative estimate of drug-likeness (QED) is 0.875. The molecule has 0 aromatic heterocycles. The third-order valence-electron chi connectivity index (χ3n) is 2.48. The van der Waals surface area contributed by atoms with E-state index in [1.54, 1.807) is 36.4 Å². The second kappa shape index (κ2) is 5.17. The minimum atomic E-state index is -0.950. The lowest BCUT2D eigenvalue weighted by atomic mass is 10.0. The zero-order valence-electron chi connectivity index (χ0n) is 8.70. The molecule has 1 atom stereocenters. The van der Waals surface area contributed by atoms with E-state index in [1.807, 2.05) is 0 Å². The third kappa shape index (κ3) is 2.51. The van der Waals surface area contributed by atoms with E-state index in [0.717, 1.165) is 0 Å². The molecule has 17 heavy (non-hydrogen) atoms. The van der Waals surface area contributed by atoms with Crippen molar-refractivity contribution in [1.82, 2.24) is 0 Å². The molecule has 2 aromatic rings. The fourth-order valence-corrected chi connectivity index (χ4v) is 2.32. The topological polar surface area (TPSA) is 20.2 Å². The average molecular weight is 316 g/mol. The molecule has 0 aliphatic carbocycles. The molecule has 1 N–H and O–H groups in total. The van der Waals surface area contributed by atoms with Gasteiger partial charge in [0.05, 0.1) is 4.47 Å². The fourth-order valence-electron chi connectivity index (χ4n) is 1.60. The van der Waals surface area contributed by atoms with Crippen LogP contribution < -0.4 is 0 Å². The van der Waals surface area contributed by atoms with Crippen molar-refractivity contribution in [2.45, 2.75) is 6.10 Å². The third-order valence-corrected chi connectivity index (χ3v) is 3.66. The van der Waals surface area contributed by atoms with E-state index >= 15 is 0 Å². The Kier molecular flexibility index (Phi) is 3.82. The smallest absolute Gasteiger partial charge is 0.137 e. The Morgan fingerprint density at radius 3 is 2.41 bits per heavy atom. The summed E-state index contributed by atoms with van der Waals surface area (Å²) in [6.45, 7) is 0. The van der Waals surface area contributed by atoms with Crippen molar-refractivity contribution in [3.05, 3.63) is 68.9 Å². The summed E-state index contributed by atoms with van der Waals surface area (Å²) in [5.74, 6) is -0.409. The second-order valence-corrected chi connectivity index (χ2v) is 4.77. The number of hydrogen-bond donors (Lipinski definition) is 1. The van der Waals surface area contributed by atoms with Gasteiger partial charge in [0, 0.05) is 16.1 Å². The van der Waals surface area contributed by atoms with E-state index in [4.69, 9.17) is 11.6 Å². The van der Waals surface area contributed by atoms with Crippen LogP contribution in [0, 0.1) is 5.82 Å². The van der Waals surface area contributed by atoms with Gasteiger partial charge in [-0.15, -0.1) is 0 Å². The number of aliphatic hydroxyl groups is 1. The van der Waals surface area contributed by atoms with Crippen LogP contribution in [0.3, 0.4) is 0 Å². The van der Waals surface area contributed by atoms with Crippen LogP contribution in [0.5, 0.6) is 0 Å². The van der Waals surface area contributed by atoms with Crippen LogP contribution >= 0.6 is 27.5 Å². The maximum Gasteiger partial charge on any atom is 0.137 e. The fraction of sp³-hybridized carbons (Fsp3) is 0.0769. The van der Waals surface area contributed by atoms with E-state index < -0.39 is 11.9 Å². The summed E-state index contributed by atoms with van der Waals surface area (Å²) in [6, 6.07) is 11.5. The van der Waals surface area contributed by atoms with Crippen LogP contribution in [0.15, 0.2) is 46.9 Å². The summed E-state index contributed by atoms with van der Waals surface area (Å²) in [4.78, 5) is 0. The van der Waals surface area contributed by atoms with Gasteiger partial charge in [-0.25, -0.2) is 4.39 Å². The standard InChI is InChI=1S/C13H9BrClFO/c14-12-9(5-3-7-11(12)16)13(17)8-4-1-2-6-10(8)15/h1-7,13,17H. The minimum Gasteiger partial charge on any atom is -0.384 e. The molecule has 0 saturated heterocycles. The molecule has 0 amide bonds. The summed E-state index contributed by atoms with van der Waals surface area (Å²) in [7, 11) is 0. The lowest BCUT2D eigenvalue weighted by Crippen LogP contribution is -2.02. The van der Waals surface area contributed by atoms with Crippen LogP contribution in [-0.2, 0) is 0 Å². The van der Waals surface area contributed by atoms with E-state index in [9.17, 15) is 9.50 Å². The molecule has 0 saturated carbocycles. The van der Waals surface area contributed by atoms with E-state index in [0.29, 0.717) is 16.1 Å². The molecular weight excluding hydrogens is 306 g/mol. The van der Waals surface area contributed by atoms with E-state index in [-0.39, 0.29) is 4.47 Å². The molecular formula is C13H9BrClFO. The van der Waals surface area contributed by atoms with Crippen molar-refractivity contribution in [1.29, 1.82) is 0 Å². The molecule has 88 valence electrons. The molecule has 0 aliphatic rings. The first kappa shape index (κ1) is 12.6. The van der Waals surface area contributed by atoms with Gasteiger partial charge >= 0.3 is 0 Å². The summed E-state index contributed by atoms with van der Waals surface area (Å²) >= 11 is 9.12. The summed E-state index contributed by atoms with van der Waals surface area (Å²) in [5, 5.41) is 10.7. The molecule has 0 heterocycles. The number of aliphatic hydroxyl groups excluding tert-OH is 1. The van der Waals surface area contributed by atoms with Crippen LogP contribution in [0.2, 0.25) is 5.02 Å². The lowest BCUT2D eigenvalue weighted by molar-refractivity contribution is 0.219. The largest absolute Gasteiger partial charge is 0.384 e. The zero-order chi connectivity index (χ0) is 12.4. The maximum absolute atomic E-state index is 13.4. The van der Waals surface area contributed by atoms with E-state index in [1.165, 1.54) is 6.07 Å². The van der Waals surface area contributed by atoms with E-state index in [2.05, 4.69) is 15.9 Å². The zero-order valence-corrected chi connectivity index (χ0v) is 11.0. The molecule has 1 nitrogen and oxygen atoms in total. The molecule has 0 bridgehead atoms. The van der Waals surface area contributed by atoms with Gasteiger partial charge in [0.2, 0.25) is 0 Å². The average Bonchev–Trinajstić information content (AvgIpc) is 2.32. The van der Waals surface area contributed by atoms with Gasteiger partial charge in [0.25, 0.3) is 0 Å². The Labute approximate surface area is 112 Å². The first-order valence-corrected chi connectivity index (χ1v) is 6.14. The van der Waals surface area contributed by atoms with Gasteiger partial charge in [-0.05, 0) is 28.1 Å². The lowest BCUT2D eigenvalue weighted by Gasteiger charge is -2.14. The van der Waals surface area contributed by atoms with Gasteiger partial charge in [-0.3, -0.25) is 0 Å². The summed E-state index contributed by atoms with van der Waals surface area (Å²) in [5.41, 5.74) is 1.01. The molecule has 0 radical (unpaired) electrons. The highest BCUT2D eigenvalue weighted by Crippen LogP contribution is 2.33. The molecule has 2 rings (SSSR count). The van der Waals surface area contributed by atoms with Gasteiger partial charge in [0.15, 0.2) is 0 Å². The van der Waals surface area contributed by atoms with Crippen LogP contribution in [0.25, 0.3) is 0 Å². The van der Waals surface area contributed by atoms with Gasteiger partial charge in [-0.1, -0.05) is 41.9 Å². The highest BCUT2D eigenvalue weighted by atomic mass is 79.9. The molecule has 1 unspecified atom stereocenters. The Morgan fingerprint density at radius 2 is 1.71 bits per heavy atom. The molecule has 2 aromatic carbocycles. The maximum atomic E-state index is 13.4. The Hall–Kier alpha value is -0.900. The molecule has 4 heteroatoms. The molecule has 0 aliphatic heterocycles. The predicted octanol–water partition coefficient (Wildman–Crippen LogP) is 4.32. The second-order valence-electron chi connectivity index (χ2n) is 3.57. The normalized spacial score (nSPS) is 12.5. The van der Waals surface area contributed by atoms with Crippen molar-refractivity contribution in [3.63, 3.8) is 0 Å². The van der Waals surface area contributed by atoms with Crippen molar-refractivity contribution >= 4 is 27.5 Å². The Morgan fingerprint density at radius 1 is 1.06 bits per heavy atom. The van der Waals surface area contributed by atoms with Gasteiger partial charge in [0.1, 0.15) is 11.9 Å². The predicted molar refractivity (Wildman–Crippen MR) is 69.6 cm³/mol. The van der Waals surface area contributed by atoms with Crippen molar-refractivity contribution < 1.29 is 9.50 Å². The number of benzene rings is 2. The minimum absolute atomic E-state index is 0.257. The first-order chi connectivity index (χ1) is 8.11. The molecule has 0 fully saturated rings. The van der Waals surface area contributed by atoms with Crippen LogP contribution in [0.4, 0.5) is 4.39 Å².